The van der Waals surface area contributed by atoms with Crippen molar-refractivity contribution in [3.63, 3.8) is 0 Å². The second-order valence-electron chi connectivity index (χ2n) is 6.32. The smallest absolute Gasteiger partial charge is 0.262 e. The molecular weight excluding hydrogens is 298 g/mol. The average molecular weight is 317 g/mol. The van der Waals surface area contributed by atoms with Crippen LogP contribution in [0.25, 0.3) is 10.2 Å². The zero-order valence-corrected chi connectivity index (χ0v) is 13.2. The maximum atomic E-state index is 12.6. The van der Waals surface area contributed by atoms with Gasteiger partial charge in [-0.2, -0.15) is 0 Å². The van der Waals surface area contributed by atoms with Gasteiger partial charge in [-0.3, -0.25) is 14.2 Å². The fourth-order valence-corrected chi connectivity index (χ4v) is 4.52. The van der Waals surface area contributed by atoms with E-state index in [2.05, 4.69) is 10.3 Å². The van der Waals surface area contributed by atoms with Crippen molar-refractivity contribution in [3.05, 3.63) is 27.1 Å². The molecule has 22 heavy (non-hydrogen) atoms. The lowest BCUT2D eigenvalue weighted by Crippen LogP contribution is -2.36. The van der Waals surface area contributed by atoms with Crippen LogP contribution in [-0.4, -0.2) is 22.0 Å². The maximum absolute atomic E-state index is 12.6. The van der Waals surface area contributed by atoms with Crippen LogP contribution in [-0.2, 0) is 24.2 Å². The molecular formula is C16H19N3O2S. The van der Waals surface area contributed by atoms with Gasteiger partial charge in [0.2, 0.25) is 5.91 Å². The Balaban J connectivity index is 1.55. The molecule has 0 bridgehead atoms. The lowest BCUT2D eigenvalue weighted by atomic mass is 9.85. The number of carbonyl (C=O) groups excluding carboxylic acids is 1. The Kier molecular flexibility index (Phi) is 3.48. The monoisotopic (exact) mass is 317 g/mol. The van der Waals surface area contributed by atoms with Gasteiger partial charge >= 0.3 is 0 Å². The van der Waals surface area contributed by atoms with Gasteiger partial charge in [-0.15, -0.1) is 11.3 Å². The van der Waals surface area contributed by atoms with E-state index in [4.69, 9.17) is 0 Å². The van der Waals surface area contributed by atoms with Crippen molar-refractivity contribution in [1.82, 2.24) is 14.9 Å². The summed E-state index contributed by atoms with van der Waals surface area (Å²) in [5.41, 5.74) is 1.10. The summed E-state index contributed by atoms with van der Waals surface area (Å²) >= 11 is 1.63. The van der Waals surface area contributed by atoms with Gasteiger partial charge in [0.15, 0.2) is 0 Å². The third-order valence-corrected chi connectivity index (χ3v) is 6.02. The molecule has 1 amide bonds. The van der Waals surface area contributed by atoms with E-state index in [9.17, 15) is 9.59 Å². The summed E-state index contributed by atoms with van der Waals surface area (Å²) in [5, 5.41) is 3.67. The number of nitrogens with zero attached hydrogens (tertiary/aromatic N) is 2. The highest BCUT2D eigenvalue weighted by atomic mass is 32.1. The van der Waals surface area contributed by atoms with E-state index in [1.54, 1.807) is 11.3 Å². The zero-order valence-electron chi connectivity index (χ0n) is 12.4. The number of fused-ring (bicyclic) bond motifs is 3. The van der Waals surface area contributed by atoms with Crippen LogP contribution < -0.4 is 10.9 Å². The van der Waals surface area contributed by atoms with E-state index < -0.39 is 0 Å². The minimum absolute atomic E-state index is 0.0665. The van der Waals surface area contributed by atoms with Crippen LogP contribution in [0.4, 0.5) is 0 Å². The predicted octanol–water partition coefficient (Wildman–Crippen LogP) is 1.86. The van der Waals surface area contributed by atoms with E-state index in [0.717, 1.165) is 36.0 Å². The number of hydrogen-bond acceptors (Lipinski definition) is 4. The molecule has 6 heteroatoms. The second-order valence-corrected chi connectivity index (χ2v) is 7.40. The van der Waals surface area contributed by atoms with Crippen LogP contribution in [0, 0.1) is 5.92 Å². The summed E-state index contributed by atoms with van der Waals surface area (Å²) in [4.78, 5) is 31.2. The lowest BCUT2D eigenvalue weighted by Gasteiger charge is -2.25. The SMILES string of the molecule is O=C(Cn1cnc2sc3c(c2c1=O)CCC3)NCC1CCC1. The molecule has 1 saturated carbocycles. The van der Waals surface area contributed by atoms with E-state index in [1.165, 1.54) is 40.6 Å². The fraction of sp³-hybridized carbons (Fsp3) is 0.562. The first-order valence-electron chi connectivity index (χ1n) is 7.99. The molecule has 0 saturated heterocycles. The Morgan fingerprint density at radius 3 is 3.00 bits per heavy atom. The molecule has 4 rings (SSSR count). The largest absolute Gasteiger partial charge is 0.354 e. The summed E-state index contributed by atoms with van der Waals surface area (Å²) in [6, 6.07) is 0. The number of aromatic nitrogens is 2. The number of aryl methyl sites for hydroxylation is 2. The lowest BCUT2D eigenvalue weighted by molar-refractivity contribution is -0.122. The van der Waals surface area contributed by atoms with E-state index in [-0.39, 0.29) is 18.0 Å². The summed E-state index contributed by atoms with van der Waals surface area (Å²) in [6.07, 6.45) is 8.32. The van der Waals surface area contributed by atoms with Gasteiger partial charge in [-0.1, -0.05) is 6.42 Å². The third-order valence-electron chi connectivity index (χ3n) is 4.82. The molecule has 5 nitrogen and oxygen atoms in total. The Labute approximate surface area is 132 Å². The van der Waals surface area contributed by atoms with E-state index in [0.29, 0.717) is 5.92 Å². The van der Waals surface area contributed by atoms with Crippen molar-refractivity contribution in [2.45, 2.75) is 45.1 Å². The van der Waals surface area contributed by atoms with Crippen LogP contribution in [0.1, 0.15) is 36.1 Å². The van der Waals surface area contributed by atoms with Gasteiger partial charge in [0, 0.05) is 11.4 Å². The molecule has 1 N–H and O–H groups in total. The normalized spacial score (nSPS) is 17.5. The first-order chi connectivity index (χ1) is 10.7. The standard InChI is InChI=1S/C16H19N3O2S/c20-13(17-7-10-3-1-4-10)8-19-9-18-15-14(16(19)21)11-5-2-6-12(11)22-15/h9-10H,1-8H2,(H,17,20). The molecule has 0 unspecified atom stereocenters. The summed E-state index contributed by atoms with van der Waals surface area (Å²) < 4.78 is 1.45. The first-order valence-corrected chi connectivity index (χ1v) is 8.80. The highest BCUT2D eigenvalue weighted by molar-refractivity contribution is 7.18. The van der Waals surface area contributed by atoms with Crippen LogP contribution in [0.5, 0.6) is 0 Å². The maximum Gasteiger partial charge on any atom is 0.262 e. The quantitative estimate of drug-likeness (QED) is 0.936. The molecule has 0 spiro atoms. The fourth-order valence-electron chi connectivity index (χ4n) is 3.30. The Morgan fingerprint density at radius 2 is 2.23 bits per heavy atom. The Morgan fingerprint density at radius 1 is 1.36 bits per heavy atom. The Bertz CT molecular complexity index is 789. The number of rotatable bonds is 4. The van der Waals surface area contributed by atoms with Crippen molar-refractivity contribution in [2.75, 3.05) is 6.54 Å². The number of nitrogens with one attached hydrogen (secondary N) is 1. The molecule has 2 aliphatic carbocycles. The van der Waals surface area contributed by atoms with Gasteiger partial charge in [0.05, 0.1) is 11.7 Å². The molecule has 2 aromatic rings. The molecule has 2 heterocycles. The number of thiophene rings is 1. The summed E-state index contributed by atoms with van der Waals surface area (Å²) in [7, 11) is 0. The highest BCUT2D eigenvalue weighted by Gasteiger charge is 2.22. The summed E-state index contributed by atoms with van der Waals surface area (Å²) in [6.45, 7) is 0.802. The van der Waals surface area contributed by atoms with E-state index >= 15 is 0 Å². The predicted molar refractivity (Wildman–Crippen MR) is 86.3 cm³/mol. The van der Waals surface area contributed by atoms with Crippen LogP contribution in [0.15, 0.2) is 11.1 Å². The molecule has 0 radical (unpaired) electrons. The molecule has 2 aliphatic rings. The zero-order chi connectivity index (χ0) is 15.1. The van der Waals surface area contributed by atoms with Crippen molar-refractivity contribution >= 4 is 27.5 Å². The average Bonchev–Trinajstić information content (AvgIpc) is 3.00. The molecule has 0 aromatic carbocycles. The van der Waals surface area contributed by atoms with Gasteiger partial charge in [0.1, 0.15) is 11.4 Å². The molecule has 0 atom stereocenters. The molecule has 0 aliphatic heterocycles. The first kappa shape index (κ1) is 13.9. The molecule has 116 valence electrons. The van der Waals surface area contributed by atoms with Gasteiger partial charge in [-0.05, 0) is 43.6 Å². The topological polar surface area (TPSA) is 64.0 Å². The Hall–Kier alpha value is -1.69. The van der Waals surface area contributed by atoms with Crippen LogP contribution in [0.3, 0.4) is 0 Å². The minimum atomic E-state index is -0.0953. The second kappa shape index (κ2) is 5.50. The highest BCUT2D eigenvalue weighted by Crippen LogP contribution is 2.34. The van der Waals surface area contributed by atoms with Crippen molar-refractivity contribution in [1.29, 1.82) is 0 Å². The van der Waals surface area contributed by atoms with Crippen molar-refractivity contribution in [3.8, 4) is 0 Å². The van der Waals surface area contributed by atoms with Crippen molar-refractivity contribution < 1.29 is 4.79 Å². The number of amides is 1. The number of hydrogen-bond donors (Lipinski definition) is 1. The van der Waals surface area contributed by atoms with Crippen LogP contribution in [0.2, 0.25) is 0 Å². The van der Waals surface area contributed by atoms with Crippen molar-refractivity contribution in [2.24, 2.45) is 5.92 Å². The van der Waals surface area contributed by atoms with Crippen LogP contribution >= 0.6 is 11.3 Å². The van der Waals surface area contributed by atoms with E-state index in [1.807, 2.05) is 0 Å². The summed E-state index contributed by atoms with van der Waals surface area (Å²) in [5.74, 6) is 0.531. The van der Waals surface area contributed by atoms with Gasteiger partial charge in [0.25, 0.3) is 5.56 Å². The van der Waals surface area contributed by atoms with Gasteiger partial charge in [-0.25, -0.2) is 4.98 Å². The molecule has 2 aromatic heterocycles. The third kappa shape index (κ3) is 2.35. The number of carbonyl (C=O) groups is 1. The van der Waals surface area contributed by atoms with Gasteiger partial charge < -0.3 is 5.32 Å². The minimum Gasteiger partial charge on any atom is -0.354 e. The molecule has 1 fully saturated rings.